The number of nitrogens with one attached hydrogen (secondary N) is 1. The molecule has 0 aliphatic heterocycles. The van der Waals surface area contributed by atoms with Crippen molar-refractivity contribution in [2.45, 2.75) is 31.5 Å². The molecule has 0 heterocycles. The molecule has 0 aliphatic carbocycles. The van der Waals surface area contributed by atoms with Crippen molar-refractivity contribution >= 4 is 6.29 Å². The smallest absolute Gasteiger partial charge is 0.416 e. The van der Waals surface area contributed by atoms with Crippen molar-refractivity contribution in [1.82, 2.24) is 0 Å². The molecule has 0 unspecified atom stereocenters. The average Bonchev–Trinajstić information content (AvgIpc) is 2.28. The molecule has 0 fully saturated rings. The molecule has 1 aromatic carbocycles. The first-order valence-electron chi connectivity index (χ1n) is 5.27. The maximum Gasteiger partial charge on any atom is 0.416 e. The molecule has 1 aromatic rings. The second-order valence-corrected chi connectivity index (χ2v) is 3.77. The number of carbonyl (C=O) groups is 1. The highest BCUT2D eigenvalue weighted by molar-refractivity contribution is 5.49. The fraction of sp³-hybridized carbons (Fsp3) is 0.417. The van der Waals surface area contributed by atoms with Crippen LogP contribution >= 0.6 is 0 Å². The molecule has 5 heteroatoms. The Morgan fingerprint density at radius 3 is 2.65 bits per heavy atom. The van der Waals surface area contributed by atoms with Gasteiger partial charge in [0.1, 0.15) is 6.29 Å². The third-order valence-corrected chi connectivity index (χ3v) is 2.43. The molecule has 0 radical (unpaired) electrons. The summed E-state index contributed by atoms with van der Waals surface area (Å²) in [6.07, 6.45) is -2.38. The molecule has 0 aromatic heterocycles. The van der Waals surface area contributed by atoms with E-state index >= 15 is 0 Å². The molecule has 1 atom stereocenters. The first-order valence-corrected chi connectivity index (χ1v) is 5.27. The minimum Gasteiger partial charge on any atom is -0.671 e. The summed E-state index contributed by atoms with van der Waals surface area (Å²) in [5.74, 6) is 0. The van der Waals surface area contributed by atoms with Crippen molar-refractivity contribution < 1.29 is 18.0 Å². The summed E-state index contributed by atoms with van der Waals surface area (Å²) in [5.41, 5.74) is 7.31. The van der Waals surface area contributed by atoms with E-state index < -0.39 is 17.8 Å². The molecule has 0 bridgehead atoms. The van der Waals surface area contributed by atoms with E-state index in [0.29, 0.717) is 24.8 Å². The first kappa shape index (κ1) is 13.7. The number of hydrogen-bond donors (Lipinski definition) is 0. The second kappa shape index (κ2) is 5.82. The third kappa shape index (κ3) is 4.19. The minimum atomic E-state index is -4.38. The monoisotopic (exact) mass is 244 g/mol. The first-order chi connectivity index (χ1) is 7.95. The van der Waals surface area contributed by atoms with Gasteiger partial charge in [0.25, 0.3) is 0 Å². The van der Waals surface area contributed by atoms with E-state index in [9.17, 15) is 18.0 Å². The molecule has 1 rings (SSSR count). The van der Waals surface area contributed by atoms with Crippen LogP contribution in [0.1, 0.15) is 36.4 Å². The quantitative estimate of drug-likeness (QED) is 0.566. The Labute approximate surface area is 97.6 Å². The number of carbonyl (C=O) groups excluding carboxylic acids is 1. The van der Waals surface area contributed by atoms with Gasteiger partial charge in [-0.05, 0) is 12.5 Å². The lowest BCUT2D eigenvalue weighted by molar-refractivity contribution is -0.137. The van der Waals surface area contributed by atoms with Gasteiger partial charge < -0.3 is 10.5 Å². The van der Waals surface area contributed by atoms with E-state index in [1.165, 1.54) is 12.1 Å². The minimum absolute atomic E-state index is 0.339. The van der Waals surface area contributed by atoms with E-state index in [1.807, 2.05) is 0 Å². The molecule has 0 amide bonds. The van der Waals surface area contributed by atoms with Gasteiger partial charge in [-0.15, -0.1) is 6.04 Å². The number of unbranched alkanes of at least 4 members (excludes halogenated alkanes) is 1. The van der Waals surface area contributed by atoms with Gasteiger partial charge >= 0.3 is 6.18 Å². The molecule has 0 spiro atoms. The van der Waals surface area contributed by atoms with Crippen molar-refractivity contribution in [2.75, 3.05) is 0 Å². The Morgan fingerprint density at radius 2 is 2.06 bits per heavy atom. The van der Waals surface area contributed by atoms with Crippen LogP contribution in [0.3, 0.4) is 0 Å². The molecule has 0 saturated carbocycles. The van der Waals surface area contributed by atoms with E-state index in [1.54, 1.807) is 0 Å². The normalized spacial score (nSPS) is 13.4. The maximum absolute atomic E-state index is 12.4. The van der Waals surface area contributed by atoms with Crippen molar-refractivity contribution in [3.63, 3.8) is 0 Å². The summed E-state index contributed by atoms with van der Waals surface area (Å²) in [7, 11) is 0. The number of benzene rings is 1. The largest absolute Gasteiger partial charge is 0.671 e. The average molecular weight is 244 g/mol. The number of hydrogen-bond acceptors (Lipinski definition) is 1. The Morgan fingerprint density at radius 1 is 1.35 bits per heavy atom. The van der Waals surface area contributed by atoms with Crippen molar-refractivity contribution in [1.29, 1.82) is 0 Å². The summed E-state index contributed by atoms with van der Waals surface area (Å²) in [6, 6.07) is 4.09. The highest BCUT2D eigenvalue weighted by atomic mass is 19.4. The number of alkyl halides is 3. The van der Waals surface area contributed by atoms with Gasteiger partial charge in [0, 0.05) is 6.42 Å². The van der Waals surface area contributed by atoms with Crippen molar-refractivity contribution in [3.05, 3.63) is 41.1 Å². The summed E-state index contributed by atoms with van der Waals surface area (Å²) in [4.78, 5) is 10.1. The molecular weight excluding hydrogens is 231 g/mol. The molecular formula is C12H13F3NO-. The molecule has 94 valence electrons. The van der Waals surface area contributed by atoms with Gasteiger partial charge in [0.2, 0.25) is 0 Å². The summed E-state index contributed by atoms with van der Waals surface area (Å²) in [6.45, 7) is 0. The highest BCUT2D eigenvalue weighted by Crippen LogP contribution is 2.32. The van der Waals surface area contributed by atoms with Gasteiger partial charge in [-0.2, -0.15) is 13.2 Å². The van der Waals surface area contributed by atoms with Crippen LogP contribution in [0.5, 0.6) is 0 Å². The van der Waals surface area contributed by atoms with E-state index in [2.05, 4.69) is 0 Å². The molecule has 0 aliphatic rings. The predicted molar refractivity (Wildman–Crippen MR) is 58.4 cm³/mol. The zero-order chi connectivity index (χ0) is 12.9. The van der Waals surface area contributed by atoms with Crippen LogP contribution in [-0.4, -0.2) is 6.29 Å². The molecule has 0 saturated heterocycles. The van der Waals surface area contributed by atoms with Crippen LogP contribution in [0, 0.1) is 0 Å². The van der Waals surface area contributed by atoms with Gasteiger partial charge in [-0.1, -0.05) is 30.2 Å². The Balaban J connectivity index is 2.74. The van der Waals surface area contributed by atoms with Crippen LogP contribution in [0.15, 0.2) is 24.3 Å². The standard InChI is InChI=1S/C12H13F3NO/c13-12(14,15)10-5-3-4-9(8-10)11(16)6-1-2-7-17/h3-5,7-8,11,16H,1-2,6H2/q-1/t11-/m0/s1. The summed E-state index contributed by atoms with van der Waals surface area (Å²) >= 11 is 0. The molecule has 2 nitrogen and oxygen atoms in total. The van der Waals surface area contributed by atoms with Crippen molar-refractivity contribution in [2.24, 2.45) is 0 Å². The Kier molecular flexibility index (Phi) is 4.69. The number of halogens is 3. The second-order valence-electron chi connectivity index (χ2n) is 3.77. The van der Waals surface area contributed by atoms with Gasteiger partial charge in [0.15, 0.2) is 0 Å². The summed E-state index contributed by atoms with van der Waals surface area (Å²) in [5, 5.41) is 0. The van der Waals surface area contributed by atoms with Crippen LogP contribution in [0.25, 0.3) is 5.73 Å². The van der Waals surface area contributed by atoms with Gasteiger partial charge in [-0.3, -0.25) is 0 Å². The van der Waals surface area contributed by atoms with E-state index in [-0.39, 0.29) is 0 Å². The molecule has 1 N–H and O–H groups in total. The SMILES string of the molecule is [NH-][C@@H](CCCC=O)c1cccc(C(F)(F)F)c1. The van der Waals surface area contributed by atoms with Crippen molar-refractivity contribution in [3.8, 4) is 0 Å². The zero-order valence-electron chi connectivity index (χ0n) is 9.13. The lowest BCUT2D eigenvalue weighted by atomic mass is 10.00. The topological polar surface area (TPSA) is 40.9 Å². The fourth-order valence-corrected chi connectivity index (χ4v) is 1.50. The van der Waals surface area contributed by atoms with E-state index in [0.717, 1.165) is 18.4 Å². The lowest BCUT2D eigenvalue weighted by Crippen LogP contribution is -2.06. The van der Waals surface area contributed by atoms with Gasteiger partial charge in [0.05, 0.1) is 5.56 Å². The fourth-order valence-electron chi connectivity index (χ4n) is 1.50. The Hall–Kier alpha value is -1.36. The van der Waals surface area contributed by atoms with E-state index in [4.69, 9.17) is 5.73 Å². The maximum atomic E-state index is 12.4. The summed E-state index contributed by atoms with van der Waals surface area (Å²) < 4.78 is 37.3. The predicted octanol–water partition coefficient (Wildman–Crippen LogP) is 4.17. The number of rotatable bonds is 5. The number of aldehydes is 1. The highest BCUT2D eigenvalue weighted by Gasteiger charge is 2.30. The van der Waals surface area contributed by atoms with Crippen LogP contribution in [0.2, 0.25) is 0 Å². The zero-order valence-corrected chi connectivity index (χ0v) is 9.13. The lowest BCUT2D eigenvalue weighted by Gasteiger charge is -2.21. The van der Waals surface area contributed by atoms with Crippen LogP contribution in [0.4, 0.5) is 13.2 Å². The van der Waals surface area contributed by atoms with Crippen LogP contribution in [-0.2, 0) is 11.0 Å². The molecule has 17 heavy (non-hydrogen) atoms. The van der Waals surface area contributed by atoms with Crippen LogP contribution < -0.4 is 0 Å². The van der Waals surface area contributed by atoms with Gasteiger partial charge in [-0.25, -0.2) is 0 Å². The third-order valence-electron chi connectivity index (χ3n) is 2.43. The Bertz CT molecular complexity index is 376.